The standard InChI is InChI=1S/C16H13NO2S/c1-10-11(2)20-15-14(10)16(18)19-13(17-15)9-8-12-6-4-3-5-7-12/h3-9H,1-2H3/b9-8+. The number of nitrogens with zero attached hydrogens (tertiary/aromatic N) is 1. The van der Waals surface area contributed by atoms with Crippen LogP contribution in [0, 0.1) is 13.8 Å². The van der Waals surface area contributed by atoms with Crippen LogP contribution in [-0.4, -0.2) is 4.98 Å². The summed E-state index contributed by atoms with van der Waals surface area (Å²) < 4.78 is 5.26. The Kier molecular flexibility index (Phi) is 3.24. The summed E-state index contributed by atoms with van der Waals surface area (Å²) in [7, 11) is 0. The van der Waals surface area contributed by atoms with Crippen molar-refractivity contribution in [1.29, 1.82) is 0 Å². The molecule has 3 rings (SSSR count). The quantitative estimate of drug-likeness (QED) is 0.713. The van der Waals surface area contributed by atoms with Crippen molar-refractivity contribution in [3.8, 4) is 0 Å². The van der Waals surface area contributed by atoms with Crippen LogP contribution in [0.2, 0.25) is 0 Å². The van der Waals surface area contributed by atoms with Crippen molar-refractivity contribution in [2.75, 3.05) is 0 Å². The Morgan fingerprint density at radius 2 is 1.90 bits per heavy atom. The van der Waals surface area contributed by atoms with E-state index in [9.17, 15) is 4.79 Å². The Bertz CT molecular complexity index is 844. The minimum Gasteiger partial charge on any atom is -0.404 e. The van der Waals surface area contributed by atoms with Crippen molar-refractivity contribution in [3.63, 3.8) is 0 Å². The van der Waals surface area contributed by atoms with Gasteiger partial charge >= 0.3 is 5.63 Å². The second-order valence-corrected chi connectivity index (χ2v) is 5.75. The van der Waals surface area contributed by atoms with Crippen LogP contribution >= 0.6 is 11.3 Å². The fourth-order valence-corrected chi connectivity index (χ4v) is 3.02. The van der Waals surface area contributed by atoms with Crippen molar-refractivity contribution in [3.05, 3.63) is 62.6 Å². The smallest absolute Gasteiger partial charge is 0.348 e. The molecule has 2 aromatic heterocycles. The zero-order valence-corrected chi connectivity index (χ0v) is 12.0. The molecular formula is C16H13NO2S. The van der Waals surface area contributed by atoms with E-state index in [1.807, 2.05) is 50.3 Å². The van der Waals surface area contributed by atoms with Crippen LogP contribution in [0.25, 0.3) is 22.4 Å². The van der Waals surface area contributed by atoms with Gasteiger partial charge in [0.2, 0.25) is 5.89 Å². The Labute approximate surface area is 120 Å². The molecule has 0 saturated carbocycles. The van der Waals surface area contributed by atoms with E-state index in [0.29, 0.717) is 11.3 Å². The molecule has 100 valence electrons. The van der Waals surface area contributed by atoms with Gasteiger partial charge < -0.3 is 4.42 Å². The molecule has 0 aliphatic heterocycles. The Morgan fingerprint density at radius 1 is 1.15 bits per heavy atom. The topological polar surface area (TPSA) is 43.1 Å². The number of hydrogen-bond acceptors (Lipinski definition) is 4. The number of hydrogen-bond donors (Lipinski definition) is 0. The van der Waals surface area contributed by atoms with Gasteiger partial charge in [0.25, 0.3) is 0 Å². The second kappa shape index (κ2) is 5.06. The first-order valence-electron chi connectivity index (χ1n) is 6.29. The van der Waals surface area contributed by atoms with Crippen LogP contribution in [0.3, 0.4) is 0 Å². The maximum Gasteiger partial charge on any atom is 0.348 e. The van der Waals surface area contributed by atoms with Crippen LogP contribution in [0.5, 0.6) is 0 Å². The number of aryl methyl sites for hydroxylation is 2. The van der Waals surface area contributed by atoms with Crippen molar-refractivity contribution < 1.29 is 4.42 Å². The van der Waals surface area contributed by atoms with E-state index in [-0.39, 0.29) is 5.63 Å². The Balaban J connectivity index is 2.06. The van der Waals surface area contributed by atoms with Crippen molar-refractivity contribution >= 4 is 33.7 Å². The van der Waals surface area contributed by atoms with E-state index in [2.05, 4.69) is 4.98 Å². The zero-order chi connectivity index (χ0) is 14.1. The van der Waals surface area contributed by atoms with Gasteiger partial charge in [0.15, 0.2) is 0 Å². The van der Waals surface area contributed by atoms with Crippen LogP contribution in [-0.2, 0) is 0 Å². The molecule has 0 bridgehead atoms. The molecule has 3 aromatic rings. The normalized spacial score (nSPS) is 11.5. The highest BCUT2D eigenvalue weighted by atomic mass is 32.1. The predicted octanol–water partition coefficient (Wildman–Crippen LogP) is 4.04. The first kappa shape index (κ1) is 12.8. The molecule has 0 aliphatic carbocycles. The van der Waals surface area contributed by atoms with Crippen molar-refractivity contribution in [2.45, 2.75) is 13.8 Å². The summed E-state index contributed by atoms with van der Waals surface area (Å²) in [5.74, 6) is 0.340. The average molecular weight is 283 g/mol. The summed E-state index contributed by atoms with van der Waals surface area (Å²) in [5, 5.41) is 0.601. The lowest BCUT2D eigenvalue weighted by atomic mass is 10.2. The first-order valence-corrected chi connectivity index (χ1v) is 7.11. The molecule has 20 heavy (non-hydrogen) atoms. The molecule has 1 aromatic carbocycles. The van der Waals surface area contributed by atoms with Gasteiger partial charge in [0, 0.05) is 11.0 Å². The summed E-state index contributed by atoms with van der Waals surface area (Å²) in [6, 6.07) is 9.83. The van der Waals surface area contributed by atoms with Crippen LogP contribution in [0.1, 0.15) is 21.9 Å². The van der Waals surface area contributed by atoms with Gasteiger partial charge in [0.05, 0.1) is 0 Å². The van der Waals surface area contributed by atoms with Gasteiger partial charge in [-0.1, -0.05) is 30.3 Å². The van der Waals surface area contributed by atoms with E-state index < -0.39 is 0 Å². The lowest BCUT2D eigenvalue weighted by Gasteiger charge is -1.94. The van der Waals surface area contributed by atoms with E-state index >= 15 is 0 Å². The van der Waals surface area contributed by atoms with Gasteiger partial charge in [-0.2, -0.15) is 0 Å². The third-order valence-corrected chi connectivity index (χ3v) is 4.30. The Hall–Kier alpha value is -2.20. The molecule has 2 heterocycles. The van der Waals surface area contributed by atoms with E-state index in [1.165, 1.54) is 11.3 Å². The second-order valence-electron chi connectivity index (χ2n) is 4.55. The van der Waals surface area contributed by atoms with E-state index in [1.54, 1.807) is 6.08 Å². The molecule has 0 amide bonds. The molecule has 0 N–H and O–H groups in total. The molecule has 0 spiro atoms. The van der Waals surface area contributed by atoms with Gasteiger partial charge in [0.1, 0.15) is 10.2 Å². The molecule has 0 radical (unpaired) electrons. The molecule has 0 saturated heterocycles. The number of fused-ring (bicyclic) bond motifs is 1. The van der Waals surface area contributed by atoms with Crippen molar-refractivity contribution in [2.24, 2.45) is 0 Å². The lowest BCUT2D eigenvalue weighted by Crippen LogP contribution is -2.02. The fraction of sp³-hybridized carbons (Fsp3) is 0.125. The molecular weight excluding hydrogens is 270 g/mol. The van der Waals surface area contributed by atoms with Gasteiger partial charge in [-0.25, -0.2) is 9.78 Å². The molecule has 0 aliphatic rings. The molecule has 3 nitrogen and oxygen atoms in total. The van der Waals surface area contributed by atoms with Gasteiger partial charge in [-0.15, -0.1) is 11.3 Å². The minimum atomic E-state index is -0.315. The van der Waals surface area contributed by atoms with Crippen molar-refractivity contribution in [1.82, 2.24) is 4.98 Å². The summed E-state index contributed by atoms with van der Waals surface area (Å²) in [6.45, 7) is 3.91. The largest absolute Gasteiger partial charge is 0.404 e. The summed E-state index contributed by atoms with van der Waals surface area (Å²) >= 11 is 1.52. The van der Waals surface area contributed by atoms with E-state index in [0.717, 1.165) is 20.8 Å². The third-order valence-electron chi connectivity index (χ3n) is 3.20. The molecule has 4 heteroatoms. The highest BCUT2D eigenvalue weighted by Gasteiger charge is 2.12. The molecule has 0 fully saturated rings. The molecule has 0 unspecified atom stereocenters. The van der Waals surface area contributed by atoms with Crippen LogP contribution in [0.4, 0.5) is 0 Å². The lowest BCUT2D eigenvalue weighted by molar-refractivity contribution is 0.491. The minimum absolute atomic E-state index is 0.315. The SMILES string of the molecule is Cc1sc2nc(/C=C/c3ccccc3)oc(=O)c2c1C. The van der Waals surface area contributed by atoms with Crippen LogP contribution < -0.4 is 5.63 Å². The maximum atomic E-state index is 12.0. The number of thiophene rings is 1. The zero-order valence-electron chi connectivity index (χ0n) is 11.2. The molecule has 0 atom stereocenters. The highest BCUT2D eigenvalue weighted by molar-refractivity contribution is 7.18. The van der Waals surface area contributed by atoms with E-state index in [4.69, 9.17) is 4.42 Å². The Morgan fingerprint density at radius 3 is 2.65 bits per heavy atom. The summed E-state index contributed by atoms with van der Waals surface area (Å²) in [4.78, 5) is 18.2. The predicted molar refractivity (Wildman–Crippen MR) is 83.0 cm³/mol. The number of aromatic nitrogens is 1. The first-order chi connectivity index (χ1) is 9.65. The highest BCUT2D eigenvalue weighted by Crippen LogP contribution is 2.26. The number of benzene rings is 1. The maximum absolute atomic E-state index is 12.0. The average Bonchev–Trinajstić information content (AvgIpc) is 2.73. The van der Waals surface area contributed by atoms with Gasteiger partial charge in [-0.3, -0.25) is 0 Å². The number of rotatable bonds is 2. The summed E-state index contributed by atoms with van der Waals surface area (Å²) in [5.41, 5.74) is 1.69. The monoisotopic (exact) mass is 283 g/mol. The van der Waals surface area contributed by atoms with Gasteiger partial charge in [-0.05, 0) is 31.1 Å². The fourth-order valence-electron chi connectivity index (χ4n) is 2.00. The third kappa shape index (κ3) is 2.30. The van der Waals surface area contributed by atoms with Crippen LogP contribution in [0.15, 0.2) is 39.5 Å². The summed E-state index contributed by atoms with van der Waals surface area (Å²) in [6.07, 6.45) is 3.60.